The number of carbonyl (C=O) groups excluding carboxylic acids is 1. The average Bonchev–Trinajstić information content (AvgIpc) is 2.34. The SMILES string of the molecule is CCOC(=O)Cn1ncc(N(CC)CC)cc1=O. The average molecular weight is 253 g/mol. The zero-order valence-electron chi connectivity index (χ0n) is 11.0. The molecule has 1 aromatic rings. The highest BCUT2D eigenvalue weighted by molar-refractivity contribution is 5.69. The Morgan fingerprint density at radius 3 is 2.56 bits per heavy atom. The van der Waals surface area contributed by atoms with Gasteiger partial charge in [0.25, 0.3) is 5.56 Å². The summed E-state index contributed by atoms with van der Waals surface area (Å²) in [5.74, 6) is -0.456. The van der Waals surface area contributed by atoms with Crippen molar-refractivity contribution in [2.75, 3.05) is 24.6 Å². The van der Waals surface area contributed by atoms with Gasteiger partial charge < -0.3 is 9.64 Å². The zero-order chi connectivity index (χ0) is 13.5. The van der Waals surface area contributed by atoms with Crippen molar-refractivity contribution in [1.29, 1.82) is 0 Å². The smallest absolute Gasteiger partial charge is 0.327 e. The molecule has 0 saturated carbocycles. The third-order valence-corrected chi connectivity index (χ3v) is 2.57. The van der Waals surface area contributed by atoms with Crippen molar-refractivity contribution >= 4 is 11.7 Å². The molecule has 0 radical (unpaired) electrons. The van der Waals surface area contributed by atoms with Crippen LogP contribution in [0.1, 0.15) is 20.8 Å². The molecule has 0 N–H and O–H groups in total. The first-order valence-electron chi connectivity index (χ1n) is 6.10. The Kier molecular flexibility index (Phi) is 5.35. The van der Waals surface area contributed by atoms with Gasteiger partial charge in [-0.1, -0.05) is 0 Å². The maximum absolute atomic E-state index is 11.8. The van der Waals surface area contributed by atoms with E-state index in [4.69, 9.17) is 4.74 Å². The van der Waals surface area contributed by atoms with E-state index in [1.807, 2.05) is 18.7 Å². The van der Waals surface area contributed by atoms with Crippen LogP contribution in [-0.4, -0.2) is 35.4 Å². The number of rotatable bonds is 6. The summed E-state index contributed by atoms with van der Waals surface area (Å²) in [6, 6.07) is 1.49. The maximum atomic E-state index is 11.8. The molecule has 6 heteroatoms. The first-order chi connectivity index (χ1) is 8.62. The van der Waals surface area contributed by atoms with Gasteiger partial charge in [-0.3, -0.25) is 9.59 Å². The topological polar surface area (TPSA) is 64.4 Å². The molecule has 6 nitrogen and oxygen atoms in total. The monoisotopic (exact) mass is 253 g/mol. The molecule has 0 spiro atoms. The number of hydrogen-bond acceptors (Lipinski definition) is 5. The van der Waals surface area contributed by atoms with Gasteiger partial charge in [0.05, 0.1) is 18.5 Å². The molecule has 100 valence electrons. The summed E-state index contributed by atoms with van der Waals surface area (Å²) in [6.45, 7) is 7.49. The third-order valence-electron chi connectivity index (χ3n) is 2.57. The molecule has 0 aliphatic carbocycles. The Balaban J connectivity index is 2.86. The van der Waals surface area contributed by atoms with Crippen molar-refractivity contribution in [3.05, 3.63) is 22.6 Å². The van der Waals surface area contributed by atoms with Gasteiger partial charge in [0.1, 0.15) is 6.54 Å². The molecular weight excluding hydrogens is 234 g/mol. The minimum absolute atomic E-state index is 0.148. The van der Waals surface area contributed by atoms with E-state index in [1.54, 1.807) is 13.1 Å². The summed E-state index contributed by atoms with van der Waals surface area (Å²) in [5.41, 5.74) is 0.470. The number of hydrogen-bond donors (Lipinski definition) is 0. The summed E-state index contributed by atoms with van der Waals surface area (Å²) in [5, 5.41) is 3.98. The molecular formula is C12H19N3O3. The molecule has 0 unspecified atom stereocenters. The van der Waals surface area contributed by atoms with E-state index < -0.39 is 5.97 Å². The lowest BCUT2D eigenvalue weighted by Gasteiger charge is -2.20. The normalized spacial score (nSPS) is 10.2. The fourth-order valence-corrected chi connectivity index (χ4v) is 1.63. The number of ether oxygens (including phenoxy) is 1. The molecule has 0 amide bonds. The first-order valence-corrected chi connectivity index (χ1v) is 6.10. The van der Waals surface area contributed by atoms with Crippen molar-refractivity contribution in [2.24, 2.45) is 0 Å². The Bertz CT molecular complexity index is 452. The van der Waals surface area contributed by atoms with Crippen molar-refractivity contribution in [3.63, 3.8) is 0 Å². The fraction of sp³-hybridized carbons (Fsp3) is 0.583. The number of anilines is 1. The van der Waals surface area contributed by atoms with E-state index in [1.165, 1.54) is 6.07 Å². The number of aromatic nitrogens is 2. The summed E-state index contributed by atoms with van der Waals surface area (Å²) >= 11 is 0. The number of esters is 1. The van der Waals surface area contributed by atoms with Gasteiger partial charge in [0.2, 0.25) is 0 Å². The summed E-state index contributed by atoms with van der Waals surface area (Å²) < 4.78 is 5.87. The lowest BCUT2D eigenvalue weighted by atomic mass is 10.4. The van der Waals surface area contributed by atoms with Crippen molar-refractivity contribution < 1.29 is 9.53 Å². The summed E-state index contributed by atoms with van der Waals surface area (Å²) in [4.78, 5) is 25.1. The van der Waals surface area contributed by atoms with E-state index in [-0.39, 0.29) is 12.1 Å². The van der Waals surface area contributed by atoms with Gasteiger partial charge in [-0.2, -0.15) is 5.10 Å². The van der Waals surface area contributed by atoms with Gasteiger partial charge in [-0.25, -0.2) is 4.68 Å². The minimum Gasteiger partial charge on any atom is -0.465 e. The standard InChI is InChI=1S/C12H19N3O3/c1-4-14(5-2)10-7-11(16)15(13-8-10)9-12(17)18-6-3/h7-8H,4-6,9H2,1-3H3. The van der Waals surface area contributed by atoms with Gasteiger partial charge >= 0.3 is 5.97 Å². The van der Waals surface area contributed by atoms with Crippen molar-refractivity contribution in [1.82, 2.24) is 9.78 Å². The van der Waals surface area contributed by atoms with E-state index in [0.717, 1.165) is 23.5 Å². The quantitative estimate of drug-likeness (QED) is 0.697. The summed E-state index contributed by atoms with van der Waals surface area (Å²) in [6.07, 6.45) is 1.59. The molecule has 0 aliphatic heterocycles. The van der Waals surface area contributed by atoms with Crippen LogP contribution in [0, 0.1) is 0 Å². The third kappa shape index (κ3) is 3.58. The van der Waals surface area contributed by atoms with Gasteiger partial charge in [0.15, 0.2) is 0 Å². The van der Waals surface area contributed by atoms with Crippen molar-refractivity contribution in [3.8, 4) is 0 Å². The predicted octanol–water partition coefficient (Wildman–Crippen LogP) is 0.653. The highest BCUT2D eigenvalue weighted by Gasteiger charge is 2.08. The van der Waals surface area contributed by atoms with Crippen LogP contribution in [0.3, 0.4) is 0 Å². The molecule has 0 fully saturated rings. The molecule has 0 atom stereocenters. The summed E-state index contributed by atoms with van der Waals surface area (Å²) in [7, 11) is 0. The molecule has 0 bridgehead atoms. The van der Waals surface area contributed by atoms with Crippen molar-refractivity contribution in [2.45, 2.75) is 27.3 Å². The number of carbonyl (C=O) groups is 1. The molecule has 1 rings (SSSR count). The van der Waals surface area contributed by atoms with Crippen LogP contribution >= 0.6 is 0 Å². The fourth-order valence-electron chi connectivity index (χ4n) is 1.63. The van der Waals surface area contributed by atoms with E-state index in [2.05, 4.69) is 5.10 Å². The highest BCUT2D eigenvalue weighted by Crippen LogP contribution is 2.07. The molecule has 18 heavy (non-hydrogen) atoms. The minimum atomic E-state index is -0.456. The number of nitrogens with zero attached hydrogens (tertiary/aromatic N) is 3. The van der Waals surface area contributed by atoms with Crippen LogP contribution in [0.15, 0.2) is 17.1 Å². The predicted molar refractivity (Wildman–Crippen MR) is 68.7 cm³/mol. The Labute approximate surface area is 106 Å². The van der Waals surface area contributed by atoms with E-state index >= 15 is 0 Å². The molecule has 0 aliphatic rings. The van der Waals surface area contributed by atoms with Crippen LogP contribution in [0.4, 0.5) is 5.69 Å². The van der Waals surface area contributed by atoms with Gasteiger partial charge in [0, 0.05) is 19.2 Å². The lowest BCUT2D eigenvalue weighted by Crippen LogP contribution is -2.30. The second kappa shape index (κ2) is 6.78. The zero-order valence-corrected chi connectivity index (χ0v) is 11.0. The van der Waals surface area contributed by atoms with Crippen LogP contribution in [0.25, 0.3) is 0 Å². The molecule has 0 aromatic carbocycles. The molecule has 0 saturated heterocycles. The van der Waals surface area contributed by atoms with E-state index in [9.17, 15) is 9.59 Å². The second-order valence-corrected chi connectivity index (χ2v) is 3.69. The second-order valence-electron chi connectivity index (χ2n) is 3.69. The van der Waals surface area contributed by atoms with Crippen LogP contribution in [0.2, 0.25) is 0 Å². The lowest BCUT2D eigenvalue weighted by molar-refractivity contribution is -0.144. The van der Waals surface area contributed by atoms with Crippen LogP contribution < -0.4 is 10.5 Å². The molecule has 1 heterocycles. The first kappa shape index (κ1) is 14.2. The largest absolute Gasteiger partial charge is 0.465 e. The van der Waals surface area contributed by atoms with Crippen LogP contribution in [0.5, 0.6) is 0 Å². The maximum Gasteiger partial charge on any atom is 0.327 e. The Hall–Kier alpha value is -1.85. The van der Waals surface area contributed by atoms with Crippen LogP contribution in [-0.2, 0) is 16.1 Å². The van der Waals surface area contributed by atoms with E-state index in [0.29, 0.717) is 6.61 Å². The molecule has 1 aromatic heterocycles. The Morgan fingerprint density at radius 1 is 1.39 bits per heavy atom. The van der Waals surface area contributed by atoms with Gasteiger partial charge in [-0.05, 0) is 20.8 Å². The van der Waals surface area contributed by atoms with Gasteiger partial charge in [-0.15, -0.1) is 0 Å². The Morgan fingerprint density at radius 2 is 2.06 bits per heavy atom. The highest BCUT2D eigenvalue weighted by atomic mass is 16.5.